The molecule has 2 N–H and O–H groups in total. The number of aryl methyl sites for hydroxylation is 2. The van der Waals surface area contributed by atoms with E-state index < -0.39 is 4.92 Å². The molecule has 1 heterocycles. The molecule has 2 aromatic rings. The molecule has 0 aliphatic carbocycles. The van der Waals surface area contributed by atoms with Crippen molar-refractivity contribution in [3.63, 3.8) is 0 Å². The quantitative estimate of drug-likeness (QED) is 0.507. The third-order valence-corrected chi connectivity index (χ3v) is 5.84. The van der Waals surface area contributed by atoms with E-state index in [1.807, 2.05) is 39.0 Å². The maximum atomic E-state index is 12.6. The Labute approximate surface area is 187 Å². The number of rotatable bonds is 7. The van der Waals surface area contributed by atoms with Crippen LogP contribution in [0.4, 0.5) is 17.1 Å². The van der Waals surface area contributed by atoms with Crippen LogP contribution in [0.5, 0.6) is 0 Å². The highest BCUT2D eigenvalue weighted by Gasteiger charge is 2.26. The van der Waals surface area contributed by atoms with Gasteiger partial charge in [-0.15, -0.1) is 0 Å². The Morgan fingerprint density at radius 3 is 2.19 bits per heavy atom. The number of nitro groups is 1. The van der Waals surface area contributed by atoms with Crippen molar-refractivity contribution in [1.82, 2.24) is 10.2 Å². The molecule has 9 nitrogen and oxygen atoms in total. The fourth-order valence-corrected chi connectivity index (χ4v) is 3.83. The molecule has 1 fully saturated rings. The van der Waals surface area contributed by atoms with Gasteiger partial charge in [-0.05, 0) is 44.0 Å². The maximum absolute atomic E-state index is 12.6. The lowest BCUT2D eigenvalue weighted by Crippen LogP contribution is -2.54. The van der Waals surface area contributed by atoms with Gasteiger partial charge in [0.25, 0.3) is 5.69 Å². The van der Waals surface area contributed by atoms with Gasteiger partial charge < -0.3 is 15.5 Å². The molecule has 0 spiro atoms. The second kappa shape index (κ2) is 10.2. The topological polar surface area (TPSA) is 108 Å². The van der Waals surface area contributed by atoms with E-state index in [4.69, 9.17) is 0 Å². The third kappa shape index (κ3) is 5.61. The summed E-state index contributed by atoms with van der Waals surface area (Å²) in [6, 6.07) is 11.9. The second-order valence-electron chi connectivity index (χ2n) is 8.01. The summed E-state index contributed by atoms with van der Waals surface area (Å²) >= 11 is 0. The summed E-state index contributed by atoms with van der Waals surface area (Å²) in [6.07, 6.45) is 0. The van der Waals surface area contributed by atoms with Crippen molar-refractivity contribution in [2.24, 2.45) is 0 Å². The molecule has 3 rings (SSSR count). The van der Waals surface area contributed by atoms with Crippen LogP contribution in [0.1, 0.15) is 18.1 Å². The largest absolute Gasteiger partial charge is 0.369 e. The average Bonchev–Trinajstić information content (AvgIpc) is 2.79. The number of carbonyl (C=O) groups is 2. The molecule has 0 bridgehead atoms. The Morgan fingerprint density at radius 2 is 1.62 bits per heavy atom. The molecule has 2 aromatic carbocycles. The van der Waals surface area contributed by atoms with E-state index in [0.29, 0.717) is 26.2 Å². The van der Waals surface area contributed by atoms with Crippen molar-refractivity contribution in [3.05, 3.63) is 63.7 Å². The first-order valence-corrected chi connectivity index (χ1v) is 10.6. The number of anilines is 2. The van der Waals surface area contributed by atoms with Crippen LogP contribution in [0.3, 0.4) is 0 Å². The number of carbonyl (C=O) groups excluding carboxylic acids is 2. The molecule has 1 aliphatic rings. The van der Waals surface area contributed by atoms with E-state index in [1.165, 1.54) is 12.1 Å². The van der Waals surface area contributed by atoms with Gasteiger partial charge in [0.1, 0.15) is 0 Å². The number of nitrogens with zero attached hydrogens (tertiary/aromatic N) is 3. The summed E-state index contributed by atoms with van der Waals surface area (Å²) in [5.41, 5.74) is 3.73. The molecule has 1 saturated heterocycles. The van der Waals surface area contributed by atoms with Gasteiger partial charge in [0, 0.05) is 49.7 Å². The van der Waals surface area contributed by atoms with E-state index >= 15 is 0 Å². The molecule has 1 aliphatic heterocycles. The van der Waals surface area contributed by atoms with Gasteiger partial charge in [0.2, 0.25) is 11.8 Å². The standard InChI is InChI=1S/C23H29N5O4/c1-16-5-4-6-17(2)22(16)25-21(29)15-24-23(30)18(3)26-11-13-27(14-12-26)19-7-9-20(10-8-19)28(31)32/h4-10,18H,11-15H2,1-3H3,(H,24,30)(H,25,29)/t18-/m0/s1. The number of benzene rings is 2. The van der Waals surface area contributed by atoms with Crippen LogP contribution >= 0.6 is 0 Å². The predicted molar refractivity (Wildman–Crippen MR) is 124 cm³/mol. The van der Waals surface area contributed by atoms with Gasteiger partial charge in [-0.25, -0.2) is 0 Å². The number of piperazine rings is 1. The molecular formula is C23H29N5O4. The highest BCUT2D eigenvalue weighted by atomic mass is 16.6. The zero-order chi connectivity index (χ0) is 23.3. The second-order valence-corrected chi connectivity index (χ2v) is 8.01. The Hall–Kier alpha value is -3.46. The zero-order valence-electron chi connectivity index (χ0n) is 18.6. The lowest BCUT2D eigenvalue weighted by Gasteiger charge is -2.38. The van der Waals surface area contributed by atoms with Crippen molar-refractivity contribution in [2.75, 3.05) is 42.9 Å². The maximum Gasteiger partial charge on any atom is 0.269 e. The van der Waals surface area contributed by atoms with E-state index in [1.54, 1.807) is 12.1 Å². The molecule has 170 valence electrons. The molecule has 9 heteroatoms. The number of amides is 2. The van der Waals surface area contributed by atoms with Gasteiger partial charge in [-0.2, -0.15) is 0 Å². The number of non-ortho nitro benzene ring substituents is 1. The van der Waals surface area contributed by atoms with E-state index in [-0.39, 0.29) is 30.1 Å². The lowest BCUT2D eigenvalue weighted by atomic mass is 10.1. The number of para-hydroxylation sites is 1. The fourth-order valence-electron chi connectivity index (χ4n) is 3.83. The van der Waals surface area contributed by atoms with Crippen molar-refractivity contribution in [2.45, 2.75) is 26.8 Å². The van der Waals surface area contributed by atoms with Gasteiger partial charge in [-0.3, -0.25) is 24.6 Å². The molecule has 0 unspecified atom stereocenters. The number of nitrogens with one attached hydrogen (secondary N) is 2. The molecule has 2 amide bonds. The average molecular weight is 440 g/mol. The molecule has 32 heavy (non-hydrogen) atoms. The summed E-state index contributed by atoms with van der Waals surface area (Å²) in [4.78, 5) is 39.5. The monoisotopic (exact) mass is 439 g/mol. The molecule has 0 radical (unpaired) electrons. The zero-order valence-corrected chi connectivity index (χ0v) is 18.6. The Morgan fingerprint density at radius 1 is 1.03 bits per heavy atom. The Bertz CT molecular complexity index is 964. The van der Waals surface area contributed by atoms with E-state index in [2.05, 4.69) is 20.4 Å². The molecular weight excluding hydrogens is 410 g/mol. The van der Waals surface area contributed by atoms with Crippen LogP contribution in [-0.2, 0) is 9.59 Å². The van der Waals surface area contributed by atoms with Crippen LogP contribution in [-0.4, -0.2) is 60.4 Å². The molecule has 0 saturated carbocycles. The van der Waals surface area contributed by atoms with Crippen LogP contribution in [0.2, 0.25) is 0 Å². The summed E-state index contributed by atoms with van der Waals surface area (Å²) < 4.78 is 0. The van der Waals surface area contributed by atoms with Gasteiger partial charge in [0.05, 0.1) is 17.5 Å². The van der Waals surface area contributed by atoms with Crippen molar-refractivity contribution >= 4 is 28.9 Å². The first kappa shape index (κ1) is 23.2. The summed E-state index contributed by atoms with van der Waals surface area (Å²) in [5.74, 6) is -0.448. The van der Waals surface area contributed by atoms with Gasteiger partial charge in [-0.1, -0.05) is 18.2 Å². The molecule has 1 atom stereocenters. The number of nitro benzene ring substituents is 1. The SMILES string of the molecule is Cc1cccc(C)c1NC(=O)CNC(=O)[C@H](C)N1CCN(c2ccc([N+](=O)[O-])cc2)CC1. The first-order valence-electron chi connectivity index (χ1n) is 10.6. The first-order chi connectivity index (χ1) is 15.3. The van der Waals surface area contributed by atoms with Crippen molar-refractivity contribution in [3.8, 4) is 0 Å². The normalized spacial score (nSPS) is 15.2. The lowest BCUT2D eigenvalue weighted by molar-refractivity contribution is -0.384. The van der Waals surface area contributed by atoms with E-state index in [9.17, 15) is 19.7 Å². The van der Waals surface area contributed by atoms with Gasteiger partial charge in [0.15, 0.2) is 0 Å². The fraction of sp³-hybridized carbons (Fsp3) is 0.391. The third-order valence-electron chi connectivity index (χ3n) is 5.84. The number of hydrogen-bond donors (Lipinski definition) is 2. The Balaban J connectivity index is 1.46. The van der Waals surface area contributed by atoms with Crippen molar-refractivity contribution in [1.29, 1.82) is 0 Å². The van der Waals surface area contributed by atoms with E-state index in [0.717, 1.165) is 22.5 Å². The van der Waals surface area contributed by atoms with Crippen LogP contribution in [0.25, 0.3) is 0 Å². The minimum absolute atomic E-state index is 0.0688. The van der Waals surface area contributed by atoms with Crippen LogP contribution in [0.15, 0.2) is 42.5 Å². The highest BCUT2D eigenvalue weighted by Crippen LogP contribution is 2.21. The number of hydrogen-bond acceptors (Lipinski definition) is 6. The summed E-state index contributed by atoms with van der Waals surface area (Å²) in [6.45, 7) is 8.39. The summed E-state index contributed by atoms with van der Waals surface area (Å²) in [5, 5.41) is 16.4. The minimum atomic E-state index is -0.412. The summed E-state index contributed by atoms with van der Waals surface area (Å²) in [7, 11) is 0. The molecule has 0 aromatic heterocycles. The Kier molecular flexibility index (Phi) is 7.42. The van der Waals surface area contributed by atoms with Crippen LogP contribution < -0.4 is 15.5 Å². The smallest absolute Gasteiger partial charge is 0.269 e. The predicted octanol–water partition coefficient (Wildman–Crippen LogP) is 2.48. The van der Waals surface area contributed by atoms with Gasteiger partial charge >= 0.3 is 0 Å². The highest BCUT2D eigenvalue weighted by molar-refractivity contribution is 5.96. The minimum Gasteiger partial charge on any atom is -0.369 e. The van der Waals surface area contributed by atoms with Crippen LogP contribution in [0, 0.1) is 24.0 Å². The van der Waals surface area contributed by atoms with Crippen molar-refractivity contribution < 1.29 is 14.5 Å².